The quantitative estimate of drug-likeness (QED) is 0.369. The molecular formula is C22H26O2S. The smallest absolute Gasteiger partial charge is 0.185 e. The summed E-state index contributed by atoms with van der Waals surface area (Å²) < 4.78 is 6.04. The van der Waals surface area contributed by atoms with Crippen LogP contribution in [0.5, 0.6) is 5.75 Å². The lowest BCUT2D eigenvalue weighted by Crippen LogP contribution is -2.24. The second-order valence-electron chi connectivity index (χ2n) is 7.12. The lowest BCUT2D eigenvalue weighted by Gasteiger charge is -2.24. The first-order chi connectivity index (χ1) is 11.7. The van der Waals surface area contributed by atoms with Crippen molar-refractivity contribution in [2.45, 2.75) is 45.1 Å². The van der Waals surface area contributed by atoms with Crippen LogP contribution in [0.2, 0.25) is 0 Å². The van der Waals surface area contributed by atoms with Gasteiger partial charge in [-0.15, -0.1) is 11.8 Å². The molecule has 2 rings (SSSR count). The molecule has 0 aromatic heterocycles. The van der Waals surface area contributed by atoms with Crippen molar-refractivity contribution < 1.29 is 9.53 Å². The molecule has 0 saturated heterocycles. The summed E-state index contributed by atoms with van der Waals surface area (Å²) in [5, 5.41) is 0. The van der Waals surface area contributed by atoms with Crippen LogP contribution in [0.15, 0.2) is 47.4 Å². The van der Waals surface area contributed by atoms with Crippen LogP contribution >= 0.6 is 11.8 Å². The molecule has 0 atom stereocenters. The zero-order valence-corrected chi connectivity index (χ0v) is 16.7. The molecule has 0 unspecified atom stereocenters. The van der Waals surface area contributed by atoms with Gasteiger partial charge < -0.3 is 4.74 Å². The third kappa shape index (κ3) is 5.50. The normalized spacial score (nSPS) is 11.8. The average Bonchev–Trinajstić information content (AvgIpc) is 2.55. The fraction of sp³-hybridized carbons (Fsp3) is 0.318. The maximum Gasteiger partial charge on any atom is 0.185 e. The molecule has 0 aliphatic carbocycles. The van der Waals surface area contributed by atoms with Crippen molar-refractivity contribution in [1.29, 1.82) is 0 Å². The zero-order chi connectivity index (χ0) is 18.6. The monoisotopic (exact) mass is 354 g/mol. The van der Waals surface area contributed by atoms with Crippen molar-refractivity contribution in [3.8, 4) is 5.75 Å². The fourth-order valence-electron chi connectivity index (χ4n) is 2.57. The standard InChI is InChI=1S/C22H26O2S/c1-15-13-17(14-16(2)21(15)24-22(3,4)5)7-12-20(23)18-8-10-19(25-6)11-9-18/h7-14H,1-6H3/b12-7+. The van der Waals surface area contributed by atoms with E-state index < -0.39 is 0 Å². The van der Waals surface area contributed by atoms with Crippen LogP contribution in [-0.2, 0) is 0 Å². The highest BCUT2D eigenvalue weighted by atomic mass is 32.2. The van der Waals surface area contributed by atoms with Crippen LogP contribution in [0, 0.1) is 13.8 Å². The molecule has 0 aliphatic rings. The topological polar surface area (TPSA) is 26.3 Å². The van der Waals surface area contributed by atoms with Gasteiger partial charge in [0.25, 0.3) is 0 Å². The van der Waals surface area contributed by atoms with Gasteiger partial charge in [0.1, 0.15) is 11.4 Å². The molecule has 0 radical (unpaired) electrons. The Bertz CT molecular complexity index is 758. The van der Waals surface area contributed by atoms with Gasteiger partial charge in [-0.25, -0.2) is 0 Å². The predicted molar refractivity (Wildman–Crippen MR) is 108 cm³/mol. The summed E-state index contributed by atoms with van der Waals surface area (Å²) in [6.45, 7) is 10.2. The van der Waals surface area contributed by atoms with Crippen molar-refractivity contribution in [2.75, 3.05) is 6.26 Å². The lowest BCUT2D eigenvalue weighted by atomic mass is 10.0. The van der Waals surface area contributed by atoms with Crippen molar-refractivity contribution in [1.82, 2.24) is 0 Å². The highest BCUT2D eigenvalue weighted by Gasteiger charge is 2.15. The van der Waals surface area contributed by atoms with Gasteiger partial charge in [-0.1, -0.05) is 6.08 Å². The SMILES string of the molecule is CSc1ccc(C(=O)/C=C/c2cc(C)c(OC(C)(C)C)c(C)c2)cc1. The lowest BCUT2D eigenvalue weighted by molar-refractivity contribution is 0.104. The summed E-state index contributed by atoms with van der Waals surface area (Å²) >= 11 is 1.67. The molecular weight excluding hydrogens is 328 g/mol. The molecule has 25 heavy (non-hydrogen) atoms. The second kappa shape index (κ2) is 7.92. The minimum Gasteiger partial charge on any atom is -0.488 e. The van der Waals surface area contributed by atoms with E-state index in [0.29, 0.717) is 5.56 Å². The molecule has 0 aliphatic heterocycles. The van der Waals surface area contributed by atoms with Crippen LogP contribution in [-0.4, -0.2) is 17.6 Å². The van der Waals surface area contributed by atoms with E-state index >= 15 is 0 Å². The van der Waals surface area contributed by atoms with E-state index in [-0.39, 0.29) is 11.4 Å². The number of benzene rings is 2. The Morgan fingerprint density at radius 2 is 1.60 bits per heavy atom. The predicted octanol–water partition coefficient (Wildman–Crippen LogP) is 6.10. The first kappa shape index (κ1) is 19.3. The number of thioether (sulfide) groups is 1. The van der Waals surface area contributed by atoms with Gasteiger partial charge in [0.05, 0.1) is 0 Å². The van der Waals surface area contributed by atoms with E-state index in [4.69, 9.17) is 4.74 Å². The Kier molecular flexibility index (Phi) is 6.12. The van der Waals surface area contributed by atoms with Gasteiger partial charge in [0.2, 0.25) is 0 Å². The van der Waals surface area contributed by atoms with Crippen molar-refractivity contribution in [3.05, 3.63) is 64.7 Å². The van der Waals surface area contributed by atoms with E-state index in [9.17, 15) is 4.79 Å². The molecule has 132 valence electrons. The van der Waals surface area contributed by atoms with E-state index in [2.05, 4.69) is 12.1 Å². The van der Waals surface area contributed by atoms with Crippen LogP contribution in [0.4, 0.5) is 0 Å². The summed E-state index contributed by atoms with van der Waals surface area (Å²) in [6.07, 6.45) is 5.52. The van der Waals surface area contributed by atoms with Gasteiger partial charge in [-0.3, -0.25) is 4.79 Å². The summed E-state index contributed by atoms with van der Waals surface area (Å²) in [4.78, 5) is 13.5. The molecule has 2 nitrogen and oxygen atoms in total. The molecule has 0 spiro atoms. The molecule has 0 heterocycles. The fourth-order valence-corrected chi connectivity index (χ4v) is 2.98. The summed E-state index contributed by atoms with van der Waals surface area (Å²) in [7, 11) is 0. The van der Waals surface area contributed by atoms with Gasteiger partial charge in [0, 0.05) is 10.5 Å². The minimum absolute atomic E-state index is 0.0120. The molecule has 0 N–H and O–H groups in total. The van der Waals surface area contributed by atoms with Gasteiger partial charge in [0.15, 0.2) is 5.78 Å². The first-order valence-electron chi connectivity index (χ1n) is 8.36. The minimum atomic E-state index is -0.230. The molecule has 2 aromatic carbocycles. The van der Waals surface area contributed by atoms with Gasteiger partial charge in [-0.2, -0.15) is 0 Å². The van der Waals surface area contributed by atoms with Crippen LogP contribution in [0.1, 0.15) is 47.8 Å². The highest BCUT2D eigenvalue weighted by molar-refractivity contribution is 7.98. The summed E-state index contributed by atoms with van der Waals surface area (Å²) in [5.41, 5.74) is 3.63. The Balaban J connectivity index is 2.19. The number of allylic oxidation sites excluding steroid dienone is 1. The van der Waals surface area contributed by atoms with Gasteiger partial charge in [-0.05, 0) is 100 Å². The average molecular weight is 355 g/mol. The first-order valence-corrected chi connectivity index (χ1v) is 9.59. The molecule has 0 saturated carbocycles. The molecule has 3 heteroatoms. The van der Waals surface area contributed by atoms with E-state index in [1.807, 2.05) is 71.2 Å². The highest BCUT2D eigenvalue weighted by Crippen LogP contribution is 2.29. The second-order valence-corrected chi connectivity index (χ2v) is 8.00. The van der Waals surface area contributed by atoms with Gasteiger partial charge >= 0.3 is 0 Å². The Morgan fingerprint density at radius 3 is 2.08 bits per heavy atom. The third-order valence-corrected chi connectivity index (χ3v) is 4.44. The summed E-state index contributed by atoms with van der Waals surface area (Å²) in [5.74, 6) is 0.932. The van der Waals surface area contributed by atoms with E-state index in [0.717, 1.165) is 27.3 Å². The maximum absolute atomic E-state index is 12.3. The summed E-state index contributed by atoms with van der Waals surface area (Å²) in [6, 6.07) is 11.8. The number of ether oxygens (including phenoxy) is 1. The van der Waals surface area contributed by atoms with Crippen LogP contribution in [0.3, 0.4) is 0 Å². The maximum atomic E-state index is 12.3. The molecule has 2 aromatic rings. The number of ketones is 1. The van der Waals surface area contributed by atoms with Crippen molar-refractivity contribution in [3.63, 3.8) is 0 Å². The molecule has 0 bridgehead atoms. The number of carbonyl (C=O) groups excluding carboxylic acids is 1. The number of hydrogen-bond acceptors (Lipinski definition) is 3. The van der Waals surface area contributed by atoms with Crippen molar-refractivity contribution in [2.24, 2.45) is 0 Å². The van der Waals surface area contributed by atoms with Crippen LogP contribution in [0.25, 0.3) is 6.08 Å². The Labute approximate surface area is 155 Å². The largest absolute Gasteiger partial charge is 0.488 e. The number of hydrogen-bond donors (Lipinski definition) is 0. The van der Waals surface area contributed by atoms with E-state index in [1.54, 1.807) is 17.8 Å². The Hall–Kier alpha value is -2.00. The number of rotatable bonds is 5. The Morgan fingerprint density at radius 1 is 1.04 bits per heavy atom. The molecule has 0 amide bonds. The number of aryl methyl sites for hydroxylation is 2. The van der Waals surface area contributed by atoms with E-state index in [1.165, 1.54) is 0 Å². The van der Waals surface area contributed by atoms with Crippen molar-refractivity contribution >= 4 is 23.6 Å². The zero-order valence-electron chi connectivity index (χ0n) is 15.8. The molecule has 0 fully saturated rings. The third-order valence-electron chi connectivity index (χ3n) is 3.69. The number of carbonyl (C=O) groups is 1. The van der Waals surface area contributed by atoms with Crippen LogP contribution < -0.4 is 4.74 Å².